The lowest BCUT2D eigenvalue weighted by molar-refractivity contribution is -0.137. The number of ether oxygens (including phenoxy) is 2. The molecule has 0 aliphatic carbocycles. The Morgan fingerprint density at radius 3 is 3.15 bits per heavy atom. The van der Waals surface area contributed by atoms with Crippen LogP contribution in [0.25, 0.3) is 0 Å². The van der Waals surface area contributed by atoms with E-state index in [4.69, 9.17) is 14.6 Å². The maximum atomic E-state index is 11.0. The van der Waals surface area contributed by atoms with Gasteiger partial charge in [0.25, 0.3) is 0 Å². The molecule has 1 saturated heterocycles. The van der Waals surface area contributed by atoms with Crippen molar-refractivity contribution in [3.05, 3.63) is 11.8 Å². The normalized spacial score (nSPS) is 24.5. The second-order valence-electron chi connectivity index (χ2n) is 2.82. The summed E-state index contributed by atoms with van der Waals surface area (Å²) in [4.78, 5) is 11.0. The van der Waals surface area contributed by atoms with E-state index in [1.807, 2.05) is 0 Å². The molecule has 1 heterocycles. The van der Waals surface area contributed by atoms with Crippen molar-refractivity contribution in [1.29, 1.82) is 0 Å². The van der Waals surface area contributed by atoms with Crippen molar-refractivity contribution in [2.75, 3.05) is 13.2 Å². The zero-order valence-electron chi connectivity index (χ0n) is 7.66. The van der Waals surface area contributed by atoms with Crippen LogP contribution in [0.2, 0.25) is 0 Å². The lowest BCUT2D eigenvalue weighted by Gasteiger charge is -2.05. The molecule has 0 aromatic rings. The van der Waals surface area contributed by atoms with Crippen molar-refractivity contribution < 1.29 is 19.4 Å². The average molecular weight is 186 g/mol. The van der Waals surface area contributed by atoms with Gasteiger partial charge in [-0.15, -0.1) is 0 Å². The van der Waals surface area contributed by atoms with Gasteiger partial charge in [-0.3, -0.25) is 0 Å². The molecule has 1 fully saturated rings. The first-order chi connectivity index (χ1) is 6.26. The monoisotopic (exact) mass is 186 g/mol. The van der Waals surface area contributed by atoms with Gasteiger partial charge >= 0.3 is 5.97 Å². The van der Waals surface area contributed by atoms with Gasteiger partial charge in [-0.05, 0) is 13.3 Å². The quantitative estimate of drug-likeness (QED) is 0.518. The molecule has 0 saturated carbocycles. The van der Waals surface area contributed by atoms with Crippen LogP contribution in [0.5, 0.6) is 0 Å². The van der Waals surface area contributed by atoms with Gasteiger partial charge in [0.1, 0.15) is 11.9 Å². The van der Waals surface area contributed by atoms with Crippen molar-refractivity contribution in [2.24, 2.45) is 0 Å². The van der Waals surface area contributed by atoms with Crippen molar-refractivity contribution in [2.45, 2.75) is 25.9 Å². The lowest BCUT2D eigenvalue weighted by Crippen LogP contribution is -2.09. The molecule has 4 heteroatoms. The van der Waals surface area contributed by atoms with Gasteiger partial charge in [0.2, 0.25) is 0 Å². The first-order valence-electron chi connectivity index (χ1n) is 4.41. The van der Waals surface area contributed by atoms with Crippen molar-refractivity contribution >= 4 is 5.97 Å². The Labute approximate surface area is 77.1 Å². The zero-order valence-corrected chi connectivity index (χ0v) is 7.66. The minimum Gasteiger partial charge on any atom is -0.492 e. The number of carbonyl (C=O) groups excluding carboxylic acids is 1. The SMILES string of the molecule is CCOC(=O)/C=C1/CC[C@H](CO)O1. The minimum absolute atomic E-state index is 0.000164. The van der Waals surface area contributed by atoms with E-state index in [1.165, 1.54) is 6.08 Å². The van der Waals surface area contributed by atoms with E-state index >= 15 is 0 Å². The Kier molecular flexibility index (Phi) is 3.76. The molecule has 0 radical (unpaired) electrons. The number of hydrogen-bond donors (Lipinski definition) is 1. The second kappa shape index (κ2) is 4.87. The van der Waals surface area contributed by atoms with Crippen molar-refractivity contribution in [3.63, 3.8) is 0 Å². The number of esters is 1. The van der Waals surface area contributed by atoms with Crippen LogP contribution in [0, 0.1) is 0 Å². The molecular formula is C9H14O4. The van der Waals surface area contributed by atoms with E-state index in [2.05, 4.69) is 0 Å². The summed E-state index contributed by atoms with van der Waals surface area (Å²) in [5.74, 6) is 0.230. The van der Waals surface area contributed by atoms with Crippen LogP contribution >= 0.6 is 0 Å². The third-order valence-electron chi connectivity index (χ3n) is 1.80. The van der Waals surface area contributed by atoms with Crippen LogP contribution in [0.3, 0.4) is 0 Å². The van der Waals surface area contributed by atoms with E-state index in [0.717, 1.165) is 6.42 Å². The Balaban J connectivity index is 2.40. The Bertz CT molecular complexity index is 210. The third-order valence-corrected chi connectivity index (χ3v) is 1.80. The van der Waals surface area contributed by atoms with Gasteiger partial charge in [0, 0.05) is 6.42 Å². The summed E-state index contributed by atoms with van der Waals surface area (Å²) in [6, 6.07) is 0. The van der Waals surface area contributed by atoms with Crippen molar-refractivity contribution in [1.82, 2.24) is 0 Å². The van der Waals surface area contributed by atoms with Gasteiger partial charge in [-0.25, -0.2) is 4.79 Å². The van der Waals surface area contributed by atoms with Crippen LogP contribution < -0.4 is 0 Å². The Hall–Kier alpha value is -1.03. The van der Waals surface area contributed by atoms with Crippen LogP contribution in [0.4, 0.5) is 0 Å². The molecule has 1 N–H and O–H groups in total. The molecule has 0 aromatic heterocycles. The molecule has 4 nitrogen and oxygen atoms in total. The van der Waals surface area contributed by atoms with Gasteiger partial charge in [-0.1, -0.05) is 0 Å². The average Bonchev–Trinajstić information content (AvgIpc) is 2.52. The van der Waals surface area contributed by atoms with Gasteiger partial charge in [0.15, 0.2) is 0 Å². The molecule has 1 aliphatic heterocycles. The Morgan fingerprint density at radius 1 is 1.85 bits per heavy atom. The lowest BCUT2D eigenvalue weighted by atomic mass is 10.2. The first kappa shape index (κ1) is 10.1. The largest absolute Gasteiger partial charge is 0.492 e. The summed E-state index contributed by atoms with van der Waals surface area (Å²) in [6.07, 6.45) is 2.66. The smallest absolute Gasteiger partial charge is 0.334 e. The van der Waals surface area contributed by atoms with Crippen LogP contribution in [-0.4, -0.2) is 30.4 Å². The molecule has 1 rings (SSSR count). The molecule has 0 unspecified atom stereocenters. The summed E-state index contributed by atoms with van der Waals surface area (Å²) >= 11 is 0. The molecule has 13 heavy (non-hydrogen) atoms. The molecule has 0 aromatic carbocycles. The van der Waals surface area contributed by atoms with Crippen LogP contribution in [-0.2, 0) is 14.3 Å². The molecule has 1 atom stereocenters. The van der Waals surface area contributed by atoms with E-state index in [1.54, 1.807) is 6.92 Å². The first-order valence-corrected chi connectivity index (χ1v) is 4.41. The predicted molar refractivity (Wildman–Crippen MR) is 45.9 cm³/mol. The molecular weight excluding hydrogens is 172 g/mol. The van der Waals surface area contributed by atoms with Gasteiger partial charge in [0.05, 0.1) is 19.3 Å². The fourth-order valence-electron chi connectivity index (χ4n) is 1.19. The van der Waals surface area contributed by atoms with Crippen LogP contribution in [0.15, 0.2) is 11.8 Å². The van der Waals surface area contributed by atoms with Crippen molar-refractivity contribution in [3.8, 4) is 0 Å². The number of carbonyl (C=O) groups is 1. The molecule has 0 amide bonds. The van der Waals surface area contributed by atoms with Crippen LogP contribution in [0.1, 0.15) is 19.8 Å². The number of aliphatic hydroxyl groups is 1. The molecule has 1 aliphatic rings. The highest BCUT2D eigenvalue weighted by molar-refractivity contribution is 5.82. The summed E-state index contributed by atoms with van der Waals surface area (Å²) < 4.78 is 9.95. The Morgan fingerprint density at radius 2 is 2.62 bits per heavy atom. The molecule has 0 spiro atoms. The van der Waals surface area contributed by atoms with Gasteiger partial charge < -0.3 is 14.6 Å². The highest BCUT2D eigenvalue weighted by atomic mass is 16.5. The number of allylic oxidation sites excluding steroid dienone is 1. The summed E-state index contributed by atoms with van der Waals surface area (Å²) in [5, 5.41) is 8.75. The highest BCUT2D eigenvalue weighted by Crippen LogP contribution is 2.22. The number of hydrogen-bond acceptors (Lipinski definition) is 4. The van der Waals surface area contributed by atoms with E-state index in [0.29, 0.717) is 18.8 Å². The second-order valence-corrected chi connectivity index (χ2v) is 2.82. The van der Waals surface area contributed by atoms with Gasteiger partial charge in [-0.2, -0.15) is 0 Å². The molecule has 74 valence electrons. The number of aliphatic hydroxyl groups excluding tert-OH is 1. The minimum atomic E-state index is -0.379. The third kappa shape index (κ3) is 3.06. The molecule has 0 bridgehead atoms. The maximum absolute atomic E-state index is 11.0. The summed E-state index contributed by atoms with van der Waals surface area (Å²) in [6.45, 7) is 2.12. The standard InChI is InChI=1S/C9H14O4/c1-2-12-9(11)5-7-3-4-8(6-10)13-7/h5,8,10H,2-4,6H2,1H3/b7-5-/t8-/m1/s1. The topological polar surface area (TPSA) is 55.8 Å². The van der Waals surface area contributed by atoms with E-state index < -0.39 is 0 Å². The zero-order chi connectivity index (χ0) is 9.68. The van der Waals surface area contributed by atoms with E-state index in [9.17, 15) is 4.79 Å². The predicted octanol–water partition coefficient (Wildman–Crippen LogP) is 0.605. The highest BCUT2D eigenvalue weighted by Gasteiger charge is 2.20. The summed E-state index contributed by atoms with van der Waals surface area (Å²) in [7, 11) is 0. The maximum Gasteiger partial charge on any atom is 0.334 e. The summed E-state index contributed by atoms with van der Waals surface area (Å²) in [5.41, 5.74) is 0. The fraction of sp³-hybridized carbons (Fsp3) is 0.667. The number of rotatable bonds is 3. The van der Waals surface area contributed by atoms with E-state index in [-0.39, 0.29) is 18.7 Å². The fourth-order valence-corrected chi connectivity index (χ4v) is 1.19.